The third kappa shape index (κ3) is 137. The van der Waals surface area contributed by atoms with E-state index in [4.69, 9.17) is 22.9 Å². The first-order valence-corrected chi connectivity index (χ1v) is 3.05. The van der Waals surface area contributed by atoms with Crippen LogP contribution in [0.5, 0.6) is 0 Å². The summed E-state index contributed by atoms with van der Waals surface area (Å²) in [5, 5.41) is 0. The van der Waals surface area contributed by atoms with Crippen molar-refractivity contribution < 1.29 is 25.8 Å². The van der Waals surface area contributed by atoms with Crippen molar-refractivity contribution in [2.24, 2.45) is 0 Å². The predicted molar refractivity (Wildman–Crippen MR) is 41.5 cm³/mol. The van der Waals surface area contributed by atoms with Gasteiger partial charge in [0, 0.05) is 0 Å². The Balaban J connectivity index is -0.0000000339. The molecule has 5 nitrogen and oxygen atoms in total. The first kappa shape index (κ1) is 22.5. The molecule has 71 valence electrons. The molecule has 0 fully saturated rings. The SMILES string of the molecule is O.[F][Cr+2].[NH-]CC[NH-].[NH-]CC[NH-]. The summed E-state index contributed by atoms with van der Waals surface area (Å²) in [5.74, 6) is 0. The first-order chi connectivity index (χ1) is 4.83. The fraction of sp³-hybridized carbons (Fsp3) is 1.00. The Kier molecular flexibility index (Phi) is 99.1. The number of halogens is 1. The van der Waals surface area contributed by atoms with Crippen LogP contribution in [0.4, 0.5) is 3.52 Å². The molecule has 0 aromatic carbocycles. The van der Waals surface area contributed by atoms with Crippen molar-refractivity contribution in [3.8, 4) is 0 Å². The van der Waals surface area contributed by atoms with Crippen molar-refractivity contribution in [3.63, 3.8) is 0 Å². The van der Waals surface area contributed by atoms with Gasteiger partial charge in [-0.15, -0.1) is 0 Å². The van der Waals surface area contributed by atoms with Gasteiger partial charge in [-0.3, -0.25) is 0 Å². The molecule has 7 heteroatoms. The van der Waals surface area contributed by atoms with Gasteiger partial charge >= 0.3 is 20.3 Å². The third-order valence-electron chi connectivity index (χ3n) is 0.250. The average molecular weight is 205 g/mol. The molecule has 0 aliphatic rings. The van der Waals surface area contributed by atoms with Gasteiger partial charge in [0.05, 0.1) is 0 Å². The van der Waals surface area contributed by atoms with Gasteiger partial charge in [-0.1, -0.05) is 0 Å². The second kappa shape index (κ2) is 48.5. The van der Waals surface area contributed by atoms with Crippen molar-refractivity contribution >= 4 is 0 Å². The Morgan fingerprint density at radius 1 is 0.727 bits per heavy atom. The summed E-state index contributed by atoms with van der Waals surface area (Å²) in [6.45, 7) is 0.944. The Morgan fingerprint density at radius 3 is 0.818 bits per heavy atom. The molecule has 0 aromatic rings. The summed E-state index contributed by atoms with van der Waals surface area (Å²) in [5.41, 5.74) is 25.1. The van der Waals surface area contributed by atoms with E-state index >= 15 is 0 Å². The van der Waals surface area contributed by atoms with Crippen LogP contribution < -0.4 is 0 Å². The van der Waals surface area contributed by atoms with Crippen LogP contribution >= 0.6 is 0 Å². The molecule has 0 unspecified atom stereocenters. The third-order valence-corrected chi connectivity index (χ3v) is 0.250. The van der Waals surface area contributed by atoms with Gasteiger partial charge in [0.2, 0.25) is 0 Å². The van der Waals surface area contributed by atoms with Gasteiger partial charge < -0.3 is 28.4 Å². The van der Waals surface area contributed by atoms with Gasteiger partial charge in [-0.25, -0.2) is 0 Å². The minimum atomic E-state index is 0. The molecule has 0 saturated heterocycles. The topological polar surface area (TPSA) is 127 Å². The molecule has 0 aliphatic heterocycles. The number of hydrogen-bond acceptors (Lipinski definition) is 0. The van der Waals surface area contributed by atoms with Gasteiger partial charge in [-0.05, 0) is 0 Å². The van der Waals surface area contributed by atoms with Gasteiger partial charge in [0.1, 0.15) is 0 Å². The summed E-state index contributed by atoms with van der Waals surface area (Å²) in [6.07, 6.45) is 0. The largest absolute Gasteiger partial charge is 0.679 e. The molecule has 0 aromatic heterocycles. The molecule has 0 spiro atoms. The van der Waals surface area contributed by atoms with Crippen LogP contribution in [0.2, 0.25) is 0 Å². The molecule has 0 aliphatic carbocycles. The molecule has 11 heavy (non-hydrogen) atoms. The molecule has 0 rings (SSSR count). The monoisotopic (exact) mass is 205 g/mol. The van der Waals surface area contributed by atoms with E-state index in [2.05, 4.69) is 0 Å². The fourth-order valence-electron chi connectivity index (χ4n) is 0. The van der Waals surface area contributed by atoms with E-state index < -0.39 is 0 Å². The quantitative estimate of drug-likeness (QED) is 0.651. The van der Waals surface area contributed by atoms with Crippen LogP contribution in [-0.4, -0.2) is 31.7 Å². The van der Waals surface area contributed by atoms with Crippen molar-refractivity contribution in [1.82, 2.24) is 0 Å². The van der Waals surface area contributed by atoms with E-state index in [1.165, 1.54) is 0 Å². The second-order valence-corrected chi connectivity index (χ2v) is 1.000. The Labute approximate surface area is 75.5 Å². The minimum absolute atomic E-state index is 0. The van der Waals surface area contributed by atoms with E-state index in [1.54, 1.807) is 0 Å². The maximum Gasteiger partial charge on any atom is -0.171 e. The zero-order chi connectivity index (χ0) is 8.83. The van der Waals surface area contributed by atoms with E-state index in [1.807, 2.05) is 0 Å². The van der Waals surface area contributed by atoms with Crippen LogP contribution in [0.3, 0.4) is 0 Å². The van der Waals surface area contributed by atoms with E-state index in [0.29, 0.717) is 0 Å². The zero-order valence-electron chi connectivity index (χ0n) is 6.11. The Morgan fingerprint density at radius 2 is 0.818 bits per heavy atom. The molecule has 0 radical (unpaired) electrons. The Bertz CT molecular complexity index is 30.1. The molecular weight excluding hydrogens is 191 g/mol. The average Bonchev–Trinajstić information content (AvgIpc) is 2.08. The summed E-state index contributed by atoms with van der Waals surface area (Å²) in [7, 11) is 0. The van der Waals surface area contributed by atoms with Crippen molar-refractivity contribution in [2.45, 2.75) is 0 Å². The van der Waals surface area contributed by atoms with Crippen LogP contribution in [0.1, 0.15) is 0 Å². The molecule has 0 atom stereocenters. The van der Waals surface area contributed by atoms with Crippen molar-refractivity contribution in [3.05, 3.63) is 22.9 Å². The van der Waals surface area contributed by atoms with E-state index in [9.17, 15) is 3.52 Å². The molecular formula is C4H14CrFN4O-2. The molecule has 6 N–H and O–H groups in total. The molecule has 0 amide bonds. The smallest absolute Gasteiger partial charge is 0.171 e. The first-order valence-electron chi connectivity index (χ1n) is 2.57. The Hall–Kier alpha value is 0.262. The maximum absolute atomic E-state index is 9.38. The molecule has 0 heterocycles. The summed E-state index contributed by atoms with van der Waals surface area (Å²) < 4.78 is 9.38. The van der Waals surface area contributed by atoms with Crippen molar-refractivity contribution in [1.29, 1.82) is 0 Å². The van der Waals surface area contributed by atoms with Crippen LogP contribution in [-0.2, 0) is 16.7 Å². The van der Waals surface area contributed by atoms with Crippen molar-refractivity contribution in [2.75, 3.05) is 26.2 Å². The van der Waals surface area contributed by atoms with Gasteiger partial charge in [0.25, 0.3) is 0 Å². The zero-order valence-corrected chi connectivity index (χ0v) is 7.39. The maximum atomic E-state index is 9.38. The molecule has 0 bridgehead atoms. The number of nitrogens with one attached hydrogen (secondary N) is 4. The van der Waals surface area contributed by atoms with Crippen LogP contribution in [0, 0.1) is 0 Å². The minimum Gasteiger partial charge on any atom is -0.679 e. The predicted octanol–water partition coefficient (Wildman–Crippen LogP) is 1.77. The van der Waals surface area contributed by atoms with Crippen LogP contribution in [0.25, 0.3) is 22.9 Å². The molecule has 0 saturated carbocycles. The fourth-order valence-corrected chi connectivity index (χ4v) is 0. The van der Waals surface area contributed by atoms with Gasteiger partial charge in [-0.2, -0.15) is 26.2 Å². The normalized spacial score (nSPS) is 5.82. The standard InChI is InChI=1S/2C2H6N2.Cr.FH.H2O/c2*3-1-2-4;;;/h2*3-4H,1-2H2;;1H;1H2/q2*-2;+3;;/p-1. The van der Waals surface area contributed by atoms with Gasteiger partial charge in [0.15, 0.2) is 0 Å². The second-order valence-electron chi connectivity index (χ2n) is 1.000. The summed E-state index contributed by atoms with van der Waals surface area (Å²) >= 11 is 1.12. The van der Waals surface area contributed by atoms with E-state index in [-0.39, 0.29) is 31.7 Å². The number of rotatable bonds is 2. The van der Waals surface area contributed by atoms with E-state index in [0.717, 1.165) is 16.7 Å². The van der Waals surface area contributed by atoms with Crippen LogP contribution in [0.15, 0.2) is 0 Å². The summed E-state index contributed by atoms with van der Waals surface area (Å²) in [4.78, 5) is 0. The number of hydrogen-bond donors (Lipinski definition) is 0. The summed E-state index contributed by atoms with van der Waals surface area (Å²) in [6, 6.07) is 0.